The molecule has 1 aromatic carbocycles. The number of morpholine rings is 1. The fraction of sp³-hybridized carbons (Fsp3) is 0.385. The van der Waals surface area contributed by atoms with Crippen LogP contribution in [-0.2, 0) is 4.74 Å². The van der Waals surface area contributed by atoms with Crippen molar-refractivity contribution in [3.05, 3.63) is 39.7 Å². The Hall–Kier alpha value is -2.32. The van der Waals surface area contributed by atoms with E-state index in [9.17, 15) is 10.1 Å². The quantitative estimate of drug-likeness (QED) is 0.676. The molecule has 0 aliphatic carbocycles. The minimum Gasteiger partial charge on any atom is -0.378 e. The SMILES string of the molecule is Cc1ccc(-c2nc(C3COCCN3)no2)cc1[N+](=O)[O-]. The first-order valence-electron chi connectivity index (χ1n) is 6.55. The molecule has 1 saturated heterocycles. The minimum atomic E-state index is -0.424. The van der Waals surface area contributed by atoms with Crippen LogP contribution in [0.2, 0.25) is 0 Å². The van der Waals surface area contributed by atoms with Crippen LogP contribution in [0.1, 0.15) is 17.4 Å². The summed E-state index contributed by atoms with van der Waals surface area (Å²) in [5.41, 5.74) is 1.15. The van der Waals surface area contributed by atoms with Gasteiger partial charge in [-0.2, -0.15) is 4.98 Å². The Morgan fingerprint density at radius 3 is 3.05 bits per heavy atom. The Labute approximate surface area is 120 Å². The van der Waals surface area contributed by atoms with Crippen LogP contribution < -0.4 is 5.32 Å². The van der Waals surface area contributed by atoms with Crippen molar-refractivity contribution in [2.24, 2.45) is 0 Å². The van der Waals surface area contributed by atoms with Crippen LogP contribution in [0.4, 0.5) is 5.69 Å². The number of hydrogen-bond acceptors (Lipinski definition) is 7. The number of ether oxygens (including phenoxy) is 1. The third-order valence-electron chi connectivity index (χ3n) is 3.33. The molecule has 110 valence electrons. The minimum absolute atomic E-state index is 0.0337. The van der Waals surface area contributed by atoms with Crippen LogP contribution in [0.15, 0.2) is 22.7 Å². The van der Waals surface area contributed by atoms with E-state index in [2.05, 4.69) is 15.5 Å². The number of nitrogens with zero attached hydrogens (tertiary/aromatic N) is 3. The molecule has 0 amide bonds. The lowest BCUT2D eigenvalue weighted by Crippen LogP contribution is -2.35. The number of nitro benzene ring substituents is 1. The molecule has 1 fully saturated rings. The summed E-state index contributed by atoms with van der Waals surface area (Å²) in [6.07, 6.45) is 0. The van der Waals surface area contributed by atoms with Gasteiger partial charge in [0, 0.05) is 23.7 Å². The number of aryl methyl sites for hydroxylation is 1. The molecular weight excluding hydrogens is 276 g/mol. The summed E-state index contributed by atoms with van der Waals surface area (Å²) in [5.74, 6) is 0.758. The van der Waals surface area contributed by atoms with E-state index in [1.165, 1.54) is 6.07 Å². The maximum atomic E-state index is 11.0. The van der Waals surface area contributed by atoms with Gasteiger partial charge < -0.3 is 14.6 Å². The Balaban J connectivity index is 1.89. The number of aromatic nitrogens is 2. The molecule has 1 unspecified atom stereocenters. The van der Waals surface area contributed by atoms with Gasteiger partial charge in [-0.1, -0.05) is 11.2 Å². The summed E-state index contributed by atoms with van der Waals surface area (Å²) in [7, 11) is 0. The molecular formula is C13H14N4O4. The first-order chi connectivity index (χ1) is 10.1. The Bertz CT molecular complexity index is 664. The molecule has 1 aliphatic heterocycles. The highest BCUT2D eigenvalue weighted by atomic mass is 16.6. The van der Waals surface area contributed by atoms with E-state index in [4.69, 9.17) is 9.26 Å². The summed E-state index contributed by atoms with van der Waals surface area (Å²) < 4.78 is 10.5. The van der Waals surface area contributed by atoms with Crippen molar-refractivity contribution < 1.29 is 14.2 Å². The van der Waals surface area contributed by atoms with Crippen LogP contribution in [-0.4, -0.2) is 34.8 Å². The Kier molecular flexibility index (Phi) is 3.63. The molecule has 0 spiro atoms. The number of hydrogen-bond donors (Lipinski definition) is 1. The maximum absolute atomic E-state index is 11.0. The van der Waals surface area contributed by atoms with E-state index in [1.807, 2.05) is 0 Å². The fourth-order valence-electron chi connectivity index (χ4n) is 2.16. The Morgan fingerprint density at radius 2 is 2.33 bits per heavy atom. The smallest absolute Gasteiger partial charge is 0.273 e. The molecule has 2 heterocycles. The average molecular weight is 290 g/mol. The number of nitro groups is 1. The molecule has 0 radical (unpaired) electrons. The monoisotopic (exact) mass is 290 g/mol. The molecule has 21 heavy (non-hydrogen) atoms. The standard InChI is InChI=1S/C13H14N4O4/c1-8-2-3-9(6-11(8)17(18)19)13-15-12(16-21-13)10-7-20-5-4-14-10/h2-3,6,10,14H,4-5,7H2,1H3. The molecule has 1 aliphatic rings. The van der Waals surface area contributed by atoms with Gasteiger partial charge in [-0.15, -0.1) is 0 Å². The molecule has 1 atom stereocenters. The predicted octanol–water partition coefficient (Wildman–Crippen LogP) is 1.61. The zero-order chi connectivity index (χ0) is 14.8. The second-order valence-corrected chi connectivity index (χ2v) is 4.80. The van der Waals surface area contributed by atoms with Crippen LogP contribution in [0, 0.1) is 17.0 Å². The van der Waals surface area contributed by atoms with Gasteiger partial charge in [0.2, 0.25) is 0 Å². The molecule has 0 saturated carbocycles. The van der Waals surface area contributed by atoms with E-state index in [0.717, 1.165) is 6.54 Å². The van der Waals surface area contributed by atoms with Crippen molar-refractivity contribution in [2.45, 2.75) is 13.0 Å². The van der Waals surface area contributed by atoms with Crippen molar-refractivity contribution >= 4 is 5.69 Å². The first-order valence-corrected chi connectivity index (χ1v) is 6.55. The molecule has 8 nitrogen and oxygen atoms in total. The average Bonchev–Trinajstić information content (AvgIpc) is 2.98. The molecule has 8 heteroatoms. The first kappa shape index (κ1) is 13.7. The summed E-state index contributed by atoms with van der Waals surface area (Å²) >= 11 is 0. The van der Waals surface area contributed by atoms with Gasteiger partial charge in [0.1, 0.15) is 0 Å². The zero-order valence-electron chi connectivity index (χ0n) is 11.4. The van der Waals surface area contributed by atoms with Gasteiger partial charge in [-0.25, -0.2) is 0 Å². The zero-order valence-corrected chi connectivity index (χ0v) is 11.4. The number of benzene rings is 1. The highest BCUT2D eigenvalue weighted by Gasteiger charge is 2.22. The van der Waals surface area contributed by atoms with Gasteiger partial charge in [0.25, 0.3) is 11.6 Å². The Morgan fingerprint density at radius 1 is 1.48 bits per heavy atom. The lowest BCUT2D eigenvalue weighted by Gasteiger charge is -2.20. The third kappa shape index (κ3) is 2.76. The van der Waals surface area contributed by atoms with Crippen LogP contribution >= 0.6 is 0 Å². The van der Waals surface area contributed by atoms with Crippen molar-refractivity contribution in [3.8, 4) is 11.5 Å². The number of nitrogens with one attached hydrogen (secondary N) is 1. The van der Waals surface area contributed by atoms with Gasteiger partial charge >= 0.3 is 0 Å². The van der Waals surface area contributed by atoms with Crippen molar-refractivity contribution in [3.63, 3.8) is 0 Å². The maximum Gasteiger partial charge on any atom is 0.273 e. The van der Waals surface area contributed by atoms with E-state index in [1.54, 1.807) is 19.1 Å². The van der Waals surface area contributed by atoms with Crippen molar-refractivity contribution in [2.75, 3.05) is 19.8 Å². The van der Waals surface area contributed by atoms with Crippen LogP contribution in [0.3, 0.4) is 0 Å². The van der Waals surface area contributed by atoms with Gasteiger partial charge in [0.15, 0.2) is 5.82 Å². The summed E-state index contributed by atoms with van der Waals surface area (Å²) in [4.78, 5) is 14.8. The van der Waals surface area contributed by atoms with Gasteiger partial charge in [-0.3, -0.25) is 10.1 Å². The van der Waals surface area contributed by atoms with Crippen molar-refractivity contribution in [1.29, 1.82) is 0 Å². The summed E-state index contributed by atoms with van der Waals surface area (Å²) in [6.45, 7) is 3.55. The highest BCUT2D eigenvalue weighted by Crippen LogP contribution is 2.26. The molecule has 1 N–H and O–H groups in total. The largest absolute Gasteiger partial charge is 0.378 e. The number of rotatable bonds is 3. The highest BCUT2D eigenvalue weighted by molar-refractivity contribution is 5.59. The van der Waals surface area contributed by atoms with Gasteiger partial charge in [-0.05, 0) is 13.0 Å². The van der Waals surface area contributed by atoms with E-state index >= 15 is 0 Å². The van der Waals surface area contributed by atoms with Crippen LogP contribution in [0.5, 0.6) is 0 Å². The molecule has 3 rings (SSSR count). The topological polar surface area (TPSA) is 103 Å². The summed E-state index contributed by atoms with van der Waals surface area (Å²) in [6, 6.07) is 4.72. The molecule has 2 aromatic rings. The second-order valence-electron chi connectivity index (χ2n) is 4.80. The van der Waals surface area contributed by atoms with E-state index < -0.39 is 4.92 Å². The van der Waals surface area contributed by atoms with Gasteiger partial charge in [0.05, 0.1) is 24.2 Å². The predicted molar refractivity (Wildman–Crippen MR) is 72.7 cm³/mol. The van der Waals surface area contributed by atoms with E-state index in [0.29, 0.717) is 30.2 Å². The fourth-order valence-corrected chi connectivity index (χ4v) is 2.16. The molecule has 1 aromatic heterocycles. The lowest BCUT2D eigenvalue weighted by atomic mass is 10.1. The van der Waals surface area contributed by atoms with Crippen molar-refractivity contribution in [1.82, 2.24) is 15.5 Å². The second kappa shape index (κ2) is 5.58. The normalized spacial score (nSPS) is 18.6. The third-order valence-corrected chi connectivity index (χ3v) is 3.33. The summed E-state index contributed by atoms with van der Waals surface area (Å²) in [5, 5.41) is 18.1. The molecule has 0 bridgehead atoms. The van der Waals surface area contributed by atoms with E-state index in [-0.39, 0.29) is 17.6 Å². The van der Waals surface area contributed by atoms with Crippen LogP contribution in [0.25, 0.3) is 11.5 Å². The lowest BCUT2D eigenvalue weighted by molar-refractivity contribution is -0.385.